The number of aromatic nitrogens is 3. The van der Waals surface area contributed by atoms with Crippen LogP contribution in [0.25, 0.3) is 5.69 Å². The summed E-state index contributed by atoms with van der Waals surface area (Å²) in [5, 5.41) is 9.03. The summed E-state index contributed by atoms with van der Waals surface area (Å²) in [4.78, 5) is 24.2. The predicted molar refractivity (Wildman–Crippen MR) is 131 cm³/mol. The molecule has 35 heavy (non-hydrogen) atoms. The summed E-state index contributed by atoms with van der Waals surface area (Å²) in [6.45, 7) is -0.0132. The van der Waals surface area contributed by atoms with Gasteiger partial charge in [0.05, 0.1) is 5.75 Å². The second-order valence-corrected chi connectivity index (χ2v) is 8.10. The summed E-state index contributed by atoms with van der Waals surface area (Å²) < 4.78 is 13.0. The fraction of sp³-hybridized carbons (Fsp3) is 0.120. The van der Waals surface area contributed by atoms with Crippen molar-refractivity contribution in [3.63, 3.8) is 0 Å². The van der Waals surface area contributed by atoms with Crippen LogP contribution >= 0.6 is 11.8 Å². The van der Waals surface area contributed by atoms with Crippen molar-refractivity contribution in [3.8, 4) is 17.2 Å². The van der Waals surface area contributed by atoms with E-state index in [0.29, 0.717) is 16.7 Å². The average molecular weight is 490 g/mol. The minimum Gasteiger partial charge on any atom is -0.486 e. The lowest BCUT2D eigenvalue weighted by molar-refractivity contribution is -0.128. The average Bonchev–Trinajstić information content (AvgIpc) is 3.32. The van der Waals surface area contributed by atoms with Crippen molar-refractivity contribution in [2.45, 2.75) is 11.8 Å². The van der Waals surface area contributed by atoms with E-state index in [2.05, 4.69) is 21.0 Å². The molecule has 0 aliphatic rings. The molecule has 1 heterocycles. The number of benzene rings is 3. The van der Waals surface area contributed by atoms with Crippen LogP contribution in [-0.4, -0.2) is 38.9 Å². The first-order chi connectivity index (χ1) is 17.2. The molecule has 2 amide bonds. The van der Waals surface area contributed by atoms with Gasteiger partial charge in [-0.15, -0.1) is 10.2 Å². The minimum atomic E-state index is -0.472. The number of rotatable bonds is 10. The maximum atomic E-state index is 12.3. The monoisotopic (exact) mass is 489 g/mol. The quantitative estimate of drug-likeness (QED) is 0.260. The van der Waals surface area contributed by atoms with E-state index in [0.717, 1.165) is 11.4 Å². The summed E-state index contributed by atoms with van der Waals surface area (Å²) in [5.41, 5.74) is 5.57. The van der Waals surface area contributed by atoms with Crippen molar-refractivity contribution in [2.24, 2.45) is 0 Å². The maximum Gasteiger partial charge on any atom is 0.276 e. The number of hydrazine groups is 1. The summed E-state index contributed by atoms with van der Waals surface area (Å²) >= 11 is 1.19. The normalized spacial score (nSPS) is 10.4. The number of thioether (sulfide) groups is 1. The third-order valence-corrected chi connectivity index (χ3v) is 5.54. The van der Waals surface area contributed by atoms with Crippen molar-refractivity contribution in [1.82, 2.24) is 25.6 Å². The van der Waals surface area contributed by atoms with Gasteiger partial charge in [-0.2, -0.15) is 0 Å². The third kappa shape index (κ3) is 7.08. The van der Waals surface area contributed by atoms with Gasteiger partial charge in [-0.3, -0.25) is 25.0 Å². The molecule has 0 aliphatic heterocycles. The van der Waals surface area contributed by atoms with Crippen LogP contribution in [0.3, 0.4) is 0 Å². The van der Waals surface area contributed by atoms with Crippen molar-refractivity contribution >= 4 is 23.6 Å². The molecule has 0 radical (unpaired) electrons. The Kier molecular flexibility index (Phi) is 8.33. The summed E-state index contributed by atoms with van der Waals surface area (Å²) in [7, 11) is 0. The Hall–Kier alpha value is -4.31. The minimum absolute atomic E-state index is 0.0182. The fourth-order valence-corrected chi connectivity index (χ4v) is 3.77. The molecule has 178 valence electrons. The molecule has 4 rings (SSSR count). The van der Waals surface area contributed by atoms with Crippen LogP contribution in [0.4, 0.5) is 0 Å². The van der Waals surface area contributed by atoms with Crippen LogP contribution < -0.4 is 20.3 Å². The number of hydrogen-bond donors (Lipinski definition) is 2. The first-order valence-electron chi connectivity index (χ1n) is 10.7. The summed E-state index contributed by atoms with van der Waals surface area (Å²) in [5.74, 6) is 1.03. The van der Waals surface area contributed by atoms with Gasteiger partial charge in [-0.25, -0.2) is 0 Å². The van der Waals surface area contributed by atoms with E-state index in [1.807, 2.05) is 71.3 Å². The Bertz CT molecular complexity index is 1240. The number of nitrogens with zero attached hydrogens (tertiary/aromatic N) is 3. The smallest absolute Gasteiger partial charge is 0.276 e. The van der Waals surface area contributed by atoms with Gasteiger partial charge >= 0.3 is 0 Å². The largest absolute Gasteiger partial charge is 0.486 e. The highest BCUT2D eigenvalue weighted by Crippen LogP contribution is 2.23. The van der Waals surface area contributed by atoms with E-state index < -0.39 is 11.8 Å². The lowest BCUT2D eigenvalue weighted by Gasteiger charge is -2.11. The van der Waals surface area contributed by atoms with Crippen molar-refractivity contribution in [3.05, 3.63) is 96.8 Å². The van der Waals surface area contributed by atoms with Gasteiger partial charge in [-0.1, -0.05) is 66.4 Å². The van der Waals surface area contributed by atoms with Gasteiger partial charge in [0.2, 0.25) is 5.91 Å². The molecule has 0 unspecified atom stereocenters. The molecule has 0 atom stereocenters. The van der Waals surface area contributed by atoms with Gasteiger partial charge in [0.25, 0.3) is 5.91 Å². The number of carbonyl (C=O) groups is 2. The highest BCUT2D eigenvalue weighted by molar-refractivity contribution is 7.99. The Morgan fingerprint density at radius 3 is 1.97 bits per heavy atom. The number of nitrogens with one attached hydrogen (secondary N) is 2. The molecule has 0 saturated heterocycles. The van der Waals surface area contributed by atoms with Crippen molar-refractivity contribution in [1.29, 1.82) is 0 Å². The summed E-state index contributed by atoms with van der Waals surface area (Å²) in [6, 6.07) is 27.9. The molecule has 0 spiro atoms. The third-order valence-electron chi connectivity index (χ3n) is 4.61. The van der Waals surface area contributed by atoms with E-state index >= 15 is 0 Å². The molecule has 10 heteroatoms. The number of hydrogen-bond acceptors (Lipinski definition) is 7. The lowest BCUT2D eigenvalue weighted by atomic mass is 10.3. The topological polar surface area (TPSA) is 107 Å². The predicted octanol–water partition coefficient (Wildman–Crippen LogP) is 3.16. The second kappa shape index (κ2) is 12.2. The van der Waals surface area contributed by atoms with Crippen molar-refractivity contribution < 1.29 is 19.1 Å². The van der Waals surface area contributed by atoms with Crippen LogP contribution in [0, 0.1) is 0 Å². The Morgan fingerprint density at radius 1 is 0.743 bits per heavy atom. The van der Waals surface area contributed by atoms with Crippen LogP contribution in [0.15, 0.2) is 96.2 Å². The van der Waals surface area contributed by atoms with Gasteiger partial charge in [0, 0.05) is 5.69 Å². The molecular formula is C25H23N5O4S. The zero-order valence-corrected chi connectivity index (χ0v) is 19.5. The molecule has 0 saturated carbocycles. The number of ether oxygens (including phenoxy) is 2. The maximum absolute atomic E-state index is 12.3. The molecule has 2 N–H and O–H groups in total. The first-order valence-corrected chi connectivity index (χ1v) is 11.7. The Morgan fingerprint density at radius 2 is 1.31 bits per heavy atom. The van der Waals surface area contributed by atoms with E-state index in [4.69, 9.17) is 9.47 Å². The molecule has 4 aromatic rings. The SMILES string of the molecule is O=C(COc1ccccc1)NNC(=O)CSc1nnc(COc2ccccc2)n1-c1ccccc1. The molecule has 0 fully saturated rings. The summed E-state index contributed by atoms with van der Waals surface area (Å²) in [6.07, 6.45) is 0. The van der Waals surface area contributed by atoms with E-state index in [-0.39, 0.29) is 19.0 Å². The molecule has 0 aliphatic carbocycles. The molecule has 1 aromatic heterocycles. The van der Waals surface area contributed by atoms with Crippen LogP contribution in [0.2, 0.25) is 0 Å². The van der Waals surface area contributed by atoms with Crippen LogP contribution in [0.5, 0.6) is 11.5 Å². The van der Waals surface area contributed by atoms with Gasteiger partial charge in [0.1, 0.15) is 18.1 Å². The Labute approximate surface area is 206 Å². The highest BCUT2D eigenvalue weighted by Gasteiger charge is 2.17. The first kappa shape index (κ1) is 23.8. The standard InChI is InChI=1S/C25H23N5O4S/c31-23(17-34-21-14-8-3-9-15-21)27-28-24(32)18-35-25-29-26-22(16-33-20-12-6-2-7-13-20)30(25)19-10-4-1-5-11-19/h1-15H,16-18H2,(H,27,31)(H,28,32). The highest BCUT2D eigenvalue weighted by atomic mass is 32.2. The molecule has 9 nitrogen and oxygen atoms in total. The van der Waals surface area contributed by atoms with Crippen molar-refractivity contribution in [2.75, 3.05) is 12.4 Å². The van der Waals surface area contributed by atoms with Crippen LogP contribution in [0.1, 0.15) is 5.82 Å². The van der Waals surface area contributed by atoms with E-state index in [1.165, 1.54) is 11.8 Å². The van der Waals surface area contributed by atoms with Crippen LogP contribution in [-0.2, 0) is 16.2 Å². The molecular weight excluding hydrogens is 466 g/mol. The fourth-order valence-electron chi connectivity index (χ4n) is 3.00. The Balaban J connectivity index is 1.32. The van der Waals surface area contributed by atoms with Gasteiger partial charge in [0.15, 0.2) is 17.6 Å². The molecule has 3 aromatic carbocycles. The zero-order valence-electron chi connectivity index (χ0n) is 18.7. The van der Waals surface area contributed by atoms with Gasteiger partial charge in [-0.05, 0) is 36.4 Å². The van der Waals surface area contributed by atoms with E-state index in [9.17, 15) is 9.59 Å². The molecule has 0 bridgehead atoms. The number of amides is 2. The zero-order chi connectivity index (χ0) is 24.3. The number of para-hydroxylation sites is 3. The lowest BCUT2D eigenvalue weighted by Crippen LogP contribution is -2.44. The number of carbonyl (C=O) groups excluding carboxylic acids is 2. The van der Waals surface area contributed by atoms with E-state index in [1.54, 1.807) is 24.3 Å². The second-order valence-electron chi connectivity index (χ2n) is 7.16. The van der Waals surface area contributed by atoms with Gasteiger partial charge < -0.3 is 9.47 Å².